The molecule has 6 heteroatoms. The van der Waals surface area contributed by atoms with Crippen LogP contribution in [0.3, 0.4) is 0 Å². The van der Waals surface area contributed by atoms with E-state index in [0.717, 1.165) is 19.3 Å². The summed E-state index contributed by atoms with van der Waals surface area (Å²) in [7, 11) is 1.70. The number of nitro groups is 1. The van der Waals surface area contributed by atoms with Gasteiger partial charge >= 0.3 is 0 Å². The van der Waals surface area contributed by atoms with Crippen molar-refractivity contribution in [1.29, 1.82) is 0 Å². The molecular formula is C12H15BrN2O3. The average Bonchev–Trinajstić information content (AvgIpc) is 2.79. The molecule has 0 bridgehead atoms. The molecule has 1 N–H and O–H groups in total. The van der Waals surface area contributed by atoms with E-state index in [1.165, 1.54) is 6.07 Å². The summed E-state index contributed by atoms with van der Waals surface area (Å²) >= 11 is 3.25. The minimum atomic E-state index is -0.365. The summed E-state index contributed by atoms with van der Waals surface area (Å²) < 4.78 is 6.00. The Balaban J connectivity index is 2.12. The van der Waals surface area contributed by atoms with Crippen LogP contribution in [0.5, 0.6) is 0 Å². The lowest BCUT2D eigenvalue weighted by atomic mass is 10.2. The molecule has 0 radical (unpaired) electrons. The lowest BCUT2D eigenvalue weighted by Crippen LogP contribution is -2.18. The second kappa shape index (κ2) is 5.67. The maximum Gasteiger partial charge on any atom is 0.293 e. The highest BCUT2D eigenvalue weighted by Gasteiger charge is 2.26. The average molecular weight is 315 g/mol. The van der Waals surface area contributed by atoms with Crippen molar-refractivity contribution in [2.24, 2.45) is 0 Å². The molecule has 98 valence electrons. The summed E-state index contributed by atoms with van der Waals surface area (Å²) in [6, 6.07) is 5.31. The first-order valence-electron chi connectivity index (χ1n) is 5.83. The molecule has 0 saturated heterocycles. The Morgan fingerprint density at radius 3 is 2.89 bits per heavy atom. The van der Waals surface area contributed by atoms with E-state index >= 15 is 0 Å². The topological polar surface area (TPSA) is 64.4 Å². The van der Waals surface area contributed by atoms with Crippen molar-refractivity contribution in [2.75, 3.05) is 12.4 Å². The lowest BCUT2D eigenvalue weighted by Gasteiger charge is -2.14. The largest absolute Gasteiger partial charge is 0.381 e. The number of anilines is 1. The Hall–Kier alpha value is -1.14. The minimum absolute atomic E-state index is 0.102. The number of hydrogen-bond donors (Lipinski definition) is 1. The maximum absolute atomic E-state index is 11.0. The predicted molar refractivity (Wildman–Crippen MR) is 72.9 cm³/mol. The van der Waals surface area contributed by atoms with Crippen molar-refractivity contribution >= 4 is 27.3 Å². The number of halogens is 1. The number of nitrogens with zero attached hydrogens (tertiary/aromatic N) is 1. The summed E-state index contributed by atoms with van der Waals surface area (Å²) in [4.78, 5) is 10.6. The predicted octanol–water partition coefficient (Wildman–Crippen LogP) is 3.34. The molecule has 2 rings (SSSR count). The molecule has 1 aliphatic carbocycles. The third kappa shape index (κ3) is 3.00. The monoisotopic (exact) mass is 314 g/mol. The highest BCUT2D eigenvalue weighted by atomic mass is 79.9. The van der Waals surface area contributed by atoms with Gasteiger partial charge in [0, 0.05) is 23.7 Å². The molecule has 0 amide bonds. The quantitative estimate of drug-likeness (QED) is 0.684. The van der Waals surface area contributed by atoms with Gasteiger partial charge < -0.3 is 10.1 Å². The van der Waals surface area contributed by atoms with E-state index in [1.807, 2.05) is 0 Å². The summed E-state index contributed by atoms with van der Waals surface area (Å²) in [5.74, 6) is 0. The van der Waals surface area contributed by atoms with Gasteiger partial charge in [-0.3, -0.25) is 10.1 Å². The Kier molecular flexibility index (Phi) is 4.19. The van der Waals surface area contributed by atoms with Crippen LogP contribution in [0.4, 0.5) is 11.4 Å². The second-order valence-corrected chi connectivity index (χ2v) is 5.35. The lowest BCUT2D eigenvalue weighted by molar-refractivity contribution is -0.384. The van der Waals surface area contributed by atoms with E-state index in [9.17, 15) is 10.1 Å². The number of methoxy groups -OCH3 is 1. The number of ether oxygens (including phenoxy) is 1. The van der Waals surface area contributed by atoms with Crippen LogP contribution in [0.2, 0.25) is 0 Å². The second-order valence-electron chi connectivity index (χ2n) is 4.43. The fourth-order valence-electron chi connectivity index (χ4n) is 2.28. The van der Waals surface area contributed by atoms with Crippen molar-refractivity contribution in [3.05, 3.63) is 32.8 Å². The molecule has 2 atom stereocenters. The van der Waals surface area contributed by atoms with E-state index in [-0.39, 0.29) is 22.8 Å². The van der Waals surface area contributed by atoms with Crippen molar-refractivity contribution < 1.29 is 9.66 Å². The van der Waals surface area contributed by atoms with Crippen LogP contribution in [0.1, 0.15) is 19.3 Å². The van der Waals surface area contributed by atoms with Gasteiger partial charge in [-0.15, -0.1) is 0 Å². The standard InChI is InChI=1S/C12H15BrN2O3/c1-18-10-4-3-9(7-10)14-11-5-2-8(13)6-12(11)15(16)17/h2,5-6,9-10,14H,3-4,7H2,1H3. The third-order valence-electron chi connectivity index (χ3n) is 3.23. The molecule has 0 spiro atoms. The van der Waals surface area contributed by atoms with Crippen molar-refractivity contribution in [1.82, 2.24) is 0 Å². The normalized spacial score (nSPS) is 23.0. The van der Waals surface area contributed by atoms with Gasteiger partial charge in [-0.25, -0.2) is 0 Å². The molecule has 0 aromatic heterocycles. The SMILES string of the molecule is COC1CCC(Nc2ccc(Br)cc2[N+](=O)[O-])C1. The summed E-state index contributed by atoms with van der Waals surface area (Å²) in [5.41, 5.74) is 0.676. The van der Waals surface area contributed by atoms with Crippen LogP contribution >= 0.6 is 15.9 Å². The third-order valence-corrected chi connectivity index (χ3v) is 3.73. The van der Waals surface area contributed by atoms with Gasteiger partial charge in [-0.05, 0) is 31.4 Å². The fraction of sp³-hybridized carbons (Fsp3) is 0.500. The van der Waals surface area contributed by atoms with E-state index in [4.69, 9.17) is 4.74 Å². The van der Waals surface area contributed by atoms with Gasteiger partial charge in [0.2, 0.25) is 0 Å². The zero-order valence-electron chi connectivity index (χ0n) is 10.1. The Labute approximate surface area is 114 Å². The Morgan fingerprint density at radius 2 is 2.28 bits per heavy atom. The highest BCUT2D eigenvalue weighted by Crippen LogP contribution is 2.31. The molecule has 1 aromatic carbocycles. The van der Waals surface area contributed by atoms with Crippen molar-refractivity contribution in [3.8, 4) is 0 Å². The molecule has 1 saturated carbocycles. The maximum atomic E-state index is 11.0. The summed E-state index contributed by atoms with van der Waals surface area (Å²) in [6.45, 7) is 0. The van der Waals surface area contributed by atoms with E-state index in [1.54, 1.807) is 19.2 Å². The Morgan fingerprint density at radius 1 is 1.50 bits per heavy atom. The first kappa shape index (κ1) is 13.3. The first-order chi connectivity index (χ1) is 8.60. The van der Waals surface area contributed by atoms with Crippen LogP contribution in [0.25, 0.3) is 0 Å². The number of nitro benzene ring substituents is 1. The molecular weight excluding hydrogens is 300 g/mol. The molecule has 18 heavy (non-hydrogen) atoms. The number of hydrogen-bond acceptors (Lipinski definition) is 4. The van der Waals surface area contributed by atoms with Gasteiger partial charge in [-0.2, -0.15) is 0 Å². The van der Waals surface area contributed by atoms with Crippen LogP contribution in [0, 0.1) is 10.1 Å². The number of rotatable bonds is 4. The van der Waals surface area contributed by atoms with E-state index in [2.05, 4.69) is 21.2 Å². The van der Waals surface area contributed by atoms with E-state index < -0.39 is 0 Å². The molecule has 1 aromatic rings. The summed E-state index contributed by atoms with van der Waals surface area (Å²) in [5, 5.41) is 14.2. The van der Waals surface area contributed by atoms with Gasteiger partial charge in [0.05, 0.1) is 11.0 Å². The zero-order valence-corrected chi connectivity index (χ0v) is 11.6. The van der Waals surface area contributed by atoms with Crippen molar-refractivity contribution in [2.45, 2.75) is 31.4 Å². The smallest absolute Gasteiger partial charge is 0.293 e. The van der Waals surface area contributed by atoms with Gasteiger partial charge in [0.25, 0.3) is 5.69 Å². The Bertz CT molecular complexity index is 453. The van der Waals surface area contributed by atoms with Crippen molar-refractivity contribution in [3.63, 3.8) is 0 Å². The molecule has 2 unspecified atom stereocenters. The zero-order chi connectivity index (χ0) is 13.1. The van der Waals surface area contributed by atoms with Gasteiger partial charge in [0.1, 0.15) is 5.69 Å². The number of nitrogens with one attached hydrogen (secondary N) is 1. The molecule has 5 nitrogen and oxygen atoms in total. The van der Waals surface area contributed by atoms with Crippen LogP contribution < -0.4 is 5.32 Å². The molecule has 0 heterocycles. The number of benzene rings is 1. The first-order valence-corrected chi connectivity index (χ1v) is 6.62. The summed E-state index contributed by atoms with van der Waals surface area (Å²) in [6.07, 6.45) is 3.13. The van der Waals surface area contributed by atoms with Crippen LogP contribution in [-0.2, 0) is 4.74 Å². The fourth-order valence-corrected chi connectivity index (χ4v) is 2.63. The van der Waals surface area contributed by atoms with Gasteiger partial charge in [-0.1, -0.05) is 15.9 Å². The molecule has 1 aliphatic rings. The molecule has 1 fully saturated rings. The van der Waals surface area contributed by atoms with E-state index in [0.29, 0.717) is 10.2 Å². The van der Waals surface area contributed by atoms with Gasteiger partial charge in [0.15, 0.2) is 0 Å². The van der Waals surface area contributed by atoms with Crippen LogP contribution in [-0.4, -0.2) is 24.2 Å². The highest BCUT2D eigenvalue weighted by molar-refractivity contribution is 9.10. The minimum Gasteiger partial charge on any atom is -0.381 e. The van der Waals surface area contributed by atoms with Crippen LogP contribution in [0.15, 0.2) is 22.7 Å². The molecule has 0 aliphatic heterocycles.